The molecule has 14 heteroatoms. The van der Waals surface area contributed by atoms with Crippen LogP contribution in [0.5, 0.6) is 5.88 Å². The first-order chi connectivity index (χ1) is 19.6. The fourth-order valence-corrected chi connectivity index (χ4v) is 7.37. The summed E-state index contributed by atoms with van der Waals surface area (Å²) in [6.07, 6.45) is -0.880. The van der Waals surface area contributed by atoms with Gasteiger partial charge in [0.2, 0.25) is 11.8 Å². The maximum absolute atomic E-state index is 13.1. The summed E-state index contributed by atoms with van der Waals surface area (Å²) in [5.74, 6) is -1.09. The van der Waals surface area contributed by atoms with E-state index in [1.165, 1.54) is 19.3 Å². The molecule has 2 aromatic rings. The number of aromatic amines is 1. The molecular weight excluding hydrogens is 543 g/mol. The minimum atomic E-state index is -5.14. The van der Waals surface area contributed by atoms with E-state index in [-0.39, 0.29) is 30.2 Å². The van der Waals surface area contributed by atoms with E-state index in [0.29, 0.717) is 37.0 Å². The molecule has 7 rings (SSSR count). The zero-order valence-corrected chi connectivity index (χ0v) is 22.9. The Kier molecular flexibility index (Phi) is 7.47. The number of hydrogen-bond donors (Lipinski definition) is 4. The van der Waals surface area contributed by atoms with Gasteiger partial charge < -0.3 is 25.2 Å². The molecule has 11 nitrogen and oxygen atoms in total. The second-order valence-corrected chi connectivity index (χ2v) is 12.0. The number of piperidine rings is 1. The number of esters is 1. The lowest BCUT2D eigenvalue weighted by molar-refractivity contribution is -0.249. The van der Waals surface area contributed by atoms with Crippen LogP contribution in [0.2, 0.25) is 0 Å². The number of likely N-dealkylation sites (tertiary alicyclic amines) is 1. The van der Waals surface area contributed by atoms with Crippen LogP contribution in [0.1, 0.15) is 50.6 Å². The van der Waals surface area contributed by atoms with Crippen LogP contribution in [-0.4, -0.2) is 86.3 Å². The molecule has 5 fully saturated rings. The third-order valence-electron chi connectivity index (χ3n) is 8.92. The van der Waals surface area contributed by atoms with Gasteiger partial charge in [-0.2, -0.15) is 28.2 Å². The first-order valence-electron chi connectivity index (χ1n) is 14.4. The molecule has 0 spiro atoms. The summed E-state index contributed by atoms with van der Waals surface area (Å²) in [4.78, 5) is 23.3. The van der Waals surface area contributed by atoms with Crippen molar-refractivity contribution in [1.29, 1.82) is 0 Å². The van der Waals surface area contributed by atoms with Gasteiger partial charge in [0.05, 0.1) is 0 Å². The van der Waals surface area contributed by atoms with Crippen molar-refractivity contribution >= 4 is 23.6 Å². The lowest BCUT2D eigenvalue weighted by Crippen LogP contribution is -2.68. The summed E-state index contributed by atoms with van der Waals surface area (Å²) in [6, 6.07) is 3.12. The Morgan fingerprint density at radius 1 is 1.17 bits per heavy atom. The number of nitrogens with one attached hydrogen (secondary N) is 3. The number of anilines is 3. The standard InChI is InChI=1S/C27H36F3N7O4/c1-15-9-20(36-35-15)31-19-12-21(40-8-7-37-5-3-2-4-6-37)33-25(32-19)34-22-17-10-16-11-18(22)23(26(39,13-16)14-17)41-24(38)27(28,29)30/h9,12,16-18,22-23,39H,2-8,10-11,13-14H2,1H3,(H3,31,32,33,34,35,36). The second-order valence-electron chi connectivity index (χ2n) is 12.0. The summed E-state index contributed by atoms with van der Waals surface area (Å²) >= 11 is 0. The zero-order chi connectivity index (χ0) is 28.8. The van der Waals surface area contributed by atoms with E-state index in [4.69, 9.17) is 9.47 Å². The first kappa shape index (κ1) is 28.0. The third-order valence-corrected chi connectivity index (χ3v) is 8.92. The number of aliphatic hydroxyl groups is 1. The van der Waals surface area contributed by atoms with Crippen molar-refractivity contribution in [3.05, 3.63) is 17.8 Å². The average molecular weight is 580 g/mol. The summed E-state index contributed by atoms with van der Waals surface area (Å²) in [5, 5.41) is 24.8. The molecule has 3 heterocycles. The first-order valence-corrected chi connectivity index (χ1v) is 14.4. The van der Waals surface area contributed by atoms with Crippen molar-refractivity contribution in [1.82, 2.24) is 25.1 Å². The zero-order valence-electron chi connectivity index (χ0n) is 22.9. The van der Waals surface area contributed by atoms with Crippen molar-refractivity contribution in [3.8, 4) is 5.88 Å². The molecule has 4 bridgehead atoms. The number of ether oxygens (including phenoxy) is 2. The van der Waals surface area contributed by atoms with Gasteiger partial charge in [-0.3, -0.25) is 10.00 Å². The predicted octanol–water partition coefficient (Wildman–Crippen LogP) is 3.55. The van der Waals surface area contributed by atoms with Crippen molar-refractivity contribution in [3.63, 3.8) is 0 Å². The molecule has 0 amide bonds. The van der Waals surface area contributed by atoms with Gasteiger partial charge in [-0.15, -0.1) is 0 Å². The Balaban J connectivity index is 1.22. The fourth-order valence-electron chi connectivity index (χ4n) is 7.37. The number of H-pyrrole nitrogens is 1. The maximum atomic E-state index is 13.1. The number of carbonyl (C=O) groups excluding carboxylic acids is 1. The Morgan fingerprint density at radius 2 is 1.98 bits per heavy atom. The molecule has 6 atom stereocenters. The summed E-state index contributed by atoms with van der Waals surface area (Å²) in [5.41, 5.74) is -0.607. The molecule has 5 aliphatic rings. The molecule has 224 valence electrons. The Morgan fingerprint density at radius 3 is 2.71 bits per heavy atom. The topological polar surface area (TPSA) is 138 Å². The number of nitrogens with zero attached hydrogens (tertiary/aromatic N) is 4. The molecule has 6 unspecified atom stereocenters. The Hall–Kier alpha value is -3.13. The van der Waals surface area contributed by atoms with Gasteiger partial charge in [0, 0.05) is 36.3 Å². The summed E-state index contributed by atoms with van der Waals surface area (Å²) < 4.78 is 50.3. The van der Waals surface area contributed by atoms with Crippen LogP contribution < -0.4 is 15.4 Å². The quantitative estimate of drug-likeness (QED) is 0.327. The normalized spacial score (nSPS) is 31.2. The molecule has 1 saturated heterocycles. The van der Waals surface area contributed by atoms with E-state index in [1.54, 1.807) is 6.07 Å². The van der Waals surface area contributed by atoms with Crippen LogP contribution in [0, 0.1) is 24.7 Å². The van der Waals surface area contributed by atoms with E-state index < -0.39 is 29.8 Å². The minimum absolute atomic E-state index is 0.0315. The molecule has 4 aliphatic carbocycles. The molecule has 4 N–H and O–H groups in total. The Bertz CT molecular complexity index is 1250. The number of aromatic nitrogens is 4. The summed E-state index contributed by atoms with van der Waals surface area (Å²) in [6.45, 7) is 5.18. The highest BCUT2D eigenvalue weighted by molar-refractivity contribution is 5.76. The SMILES string of the molecule is Cc1cc(Nc2cc(OCCN3CCCCC3)nc(NC3C4CC5CC3C(OC(=O)C(F)(F)F)C(O)(C5)C4)n2)n[nH]1. The number of hydrogen-bond acceptors (Lipinski definition) is 10. The average Bonchev–Trinajstić information content (AvgIpc) is 3.32. The molecule has 0 aromatic carbocycles. The minimum Gasteiger partial charge on any atom is -0.476 e. The molecule has 2 aromatic heterocycles. The highest BCUT2D eigenvalue weighted by Gasteiger charge is 2.63. The van der Waals surface area contributed by atoms with Gasteiger partial charge in [-0.25, -0.2) is 4.79 Å². The monoisotopic (exact) mass is 579 g/mol. The van der Waals surface area contributed by atoms with Crippen molar-refractivity contribution < 1.29 is 32.5 Å². The van der Waals surface area contributed by atoms with Gasteiger partial charge in [0.15, 0.2) is 5.82 Å². The van der Waals surface area contributed by atoms with Crippen molar-refractivity contribution in [2.75, 3.05) is 36.9 Å². The number of halogens is 3. The largest absolute Gasteiger partial charge is 0.490 e. The van der Waals surface area contributed by atoms with Crippen LogP contribution in [0.15, 0.2) is 12.1 Å². The lowest BCUT2D eigenvalue weighted by Gasteiger charge is -2.61. The highest BCUT2D eigenvalue weighted by atomic mass is 19.4. The fraction of sp³-hybridized carbons (Fsp3) is 0.704. The van der Waals surface area contributed by atoms with E-state index in [9.17, 15) is 23.1 Å². The van der Waals surface area contributed by atoms with Gasteiger partial charge in [-0.1, -0.05) is 6.42 Å². The second kappa shape index (κ2) is 10.9. The number of rotatable bonds is 9. The van der Waals surface area contributed by atoms with E-state index in [0.717, 1.165) is 31.7 Å². The van der Waals surface area contributed by atoms with Crippen LogP contribution in [0.3, 0.4) is 0 Å². The molecule has 41 heavy (non-hydrogen) atoms. The predicted molar refractivity (Wildman–Crippen MR) is 142 cm³/mol. The summed E-state index contributed by atoms with van der Waals surface area (Å²) in [7, 11) is 0. The van der Waals surface area contributed by atoms with Crippen LogP contribution >= 0.6 is 0 Å². The number of carbonyl (C=O) groups is 1. The van der Waals surface area contributed by atoms with E-state index in [1.807, 2.05) is 13.0 Å². The van der Waals surface area contributed by atoms with Gasteiger partial charge >= 0.3 is 12.1 Å². The van der Waals surface area contributed by atoms with E-state index in [2.05, 4.69) is 35.7 Å². The van der Waals surface area contributed by atoms with Crippen molar-refractivity contribution in [2.24, 2.45) is 17.8 Å². The molecular formula is C27H36F3N7O4. The van der Waals surface area contributed by atoms with E-state index >= 15 is 0 Å². The van der Waals surface area contributed by atoms with Crippen LogP contribution in [0.25, 0.3) is 0 Å². The Labute approximate surface area is 235 Å². The van der Waals surface area contributed by atoms with Crippen LogP contribution in [-0.2, 0) is 9.53 Å². The number of alkyl halides is 3. The maximum Gasteiger partial charge on any atom is 0.490 e. The molecule has 1 aliphatic heterocycles. The molecule has 4 saturated carbocycles. The molecule has 0 radical (unpaired) electrons. The van der Waals surface area contributed by atoms with Gasteiger partial charge in [-0.05, 0) is 70.4 Å². The highest BCUT2D eigenvalue weighted by Crippen LogP contribution is 2.57. The number of aryl methyl sites for hydroxylation is 1. The third kappa shape index (κ3) is 6.08. The smallest absolute Gasteiger partial charge is 0.476 e. The lowest BCUT2D eigenvalue weighted by atomic mass is 9.51. The van der Waals surface area contributed by atoms with Crippen molar-refractivity contribution in [2.45, 2.75) is 75.8 Å². The van der Waals surface area contributed by atoms with Gasteiger partial charge in [0.25, 0.3) is 0 Å². The van der Waals surface area contributed by atoms with Crippen LogP contribution in [0.4, 0.5) is 30.8 Å². The van der Waals surface area contributed by atoms with Gasteiger partial charge in [0.1, 0.15) is 24.1 Å².